The van der Waals surface area contributed by atoms with Crippen LogP contribution in [0.1, 0.15) is 24.1 Å². The summed E-state index contributed by atoms with van der Waals surface area (Å²) in [5.41, 5.74) is 2.51. The van der Waals surface area contributed by atoms with Crippen LogP contribution in [0.2, 0.25) is 0 Å². The summed E-state index contributed by atoms with van der Waals surface area (Å²) in [7, 11) is -0.239. The number of benzene rings is 1. The average Bonchev–Trinajstić information content (AvgIpc) is 2.74. The predicted molar refractivity (Wildman–Crippen MR) is 127 cm³/mol. The van der Waals surface area contributed by atoms with Gasteiger partial charge in [0, 0.05) is 38.1 Å². The Morgan fingerprint density at radius 2 is 1.85 bits per heavy atom. The second-order valence-corrected chi connectivity index (χ2v) is 10.6. The van der Waals surface area contributed by atoms with Crippen LogP contribution in [0.4, 0.5) is 20.6 Å². The van der Waals surface area contributed by atoms with Gasteiger partial charge in [-0.1, -0.05) is 0 Å². The van der Waals surface area contributed by atoms with Gasteiger partial charge < -0.3 is 10.6 Å². The lowest BCUT2D eigenvalue weighted by Crippen LogP contribution is -2.45. The summed E-state index contributed by atoms with van der Waals surface area (Å²) in [5.74, 6) is -0.505. The van der Waals surface area contributed by atoms with Crippen molar-refractivity contribution in [3.63, 3.8) is 0 Å². The van der Waals surface area contributed by atoms with Gasteiger partial charge in [0.1, 0.15) is 11.7 Å². The minimum Gasteiger partial charge on any atom is -0.308 e. The number of sulfonamides is 1. The molecule has 3 rings (SSSR count). The Morgan fingerprint density at radius 3 is 2.48 bits per heavy atom. The van der Waals surface area contributed by atoms with Crippen molar-refractivity contribution in [2.24, 2.45) is 0 Å². The molecule has 3 N–H and O–H groups in total. The Labute approximate surface area is 194 Å². The number of aromatic nitrogens is 1. The molecule has 11 heteroatoms. The smallest absolute Gasteiger partial charge is 0.308 e. The second kappa shape index (κ2) is 11.0. The van der Waals surface area contributed by atoms with Crippen molar-refractivity contribution in [3.05, 3.63) is 53.6 Å². The molecular weight excluding hydrogens is 447 g/mol. The number of carbonyl (C=O) groups excluding carboxylic acids is 1. The molecule has 1 saturated heterocycles. The van der Waals surface area contributed by atoms with E-state index in [4.69, 9.17) is 0 Å². The molecule has 180 valence electrons. The number of pyridine rings is 1. The minimum atomic E-state index is -3.28. The van der Waals surface area contributed by atoms with E-state index in [1.54, 1.807) is 24.4 Å². The van der Waals surface area contributed by atoms with Crippen molar-refractivity contribution in [1.29, 1.82) is 0 Å². The fourth-order valence-electron chi connectivity index (χ4n) is 3.55. The van der Waals surface area contributed by atoms with Crippen LogP contribution in [0, 0.1) is 12.7 Å². The largest absolute Gasteiger partial charge is 0.323 e. The Hall–Kier alpha value is -2.60. The molecule has 1 aromatic heterocycles. The van der Waals surface area contributed by atoms with Crippen LogP contribution in [-0.4, -0.2) is 67.7 Å². The molecule has 0 bridgehead atoms. The van der Waals surface area contributed by atoms with Gasteiger partial charge in [-0.3, -0.25) is 15.2 Å². The number of carbonyl (C=O) groups is 1. The maximum Gasteiger partial charge on any atom is 0.323 e. The summed E-state index contributed by atoms with van der Waals surface area (Å²) < 4.78 is 39.2. The standard InChI is InChI=1S/C22H31FN6O3S/c1-16-4-5-20(13-24-16)26-22(30)27-21-11-17(10-18(23)12-21)14-29-8-6-19(7-9-29)25-15-33(31,32)28(2)3/h4-5,10-13,19,25H,6-9,14-15H2,1-3H3,(H2,26,27,30). The first kappa shape index (κ1) is 25.0. The highest BCUT2D eigenvalue weighted by Gasteiger charge is 2.22. The first-order chi connectivity index (χ1) is 15.6. The lowest BCUT2D eigenvalue weighted by atomic mass is 10.0. The highest BCUT2D eigenvalue weighted by atomic mass is 32.2. The quantitative estimate of drug-likeness (QED) is 0.539. The van der Waals surface area contributed by atoms with Crippen molar-refractivity contribution in [3.8, 4) is 0 Å². The topological polar surface area (TPSA) is 107 Å². The summed E-state index contributed by atoms with van der Waals surface area (Å²) in [6.07, 6.45) is 3.16. The third kappa shape index (κ3) is 7.74. The average molecular weight is 479 g/mol. The highest BCUT2D eigenvalue weighted by molar-refractivity contribution is 7.89. The molecule has 0 spiro atoms. The number of nitrogens with one attached hydrogen (secondary N) is 3. The van der Waals surface area contributed by atoms with Gasteiger partial charge in [0.15, 0.2) is 0 Å². The number of hydrogen-bond donors (Lipinski definition) is 3. The van der Waals surface area contributed by atoms with Gasteiger partial charge in [0.25, 0.3) is 0 Å². The molecule has 1 aliphatic heterocycles. The van der Waals surface area contributed by atoms with E-state index in [1.807, 2.05) is 6.92 Å². The summed E-state index contributed by atoms with van der Waals surface area (Å²) in [6, 6.07) is 7.67. The van der Waals surface area contributed by atoms with Crippen molar-refractivity contribution in [2.45, 2.75) is 32.4 Å². The van der Waals surface area contributed by atoms with Gasteiger partial charge in [-0.05, 0) is 68.8 Å². The molecule has 0 radical (unpaired) electrons. The Bertz CT molecular complexity index is 1050. The number of halogens is 1. The fraction of sp³-hybridized carbons (Fsp3) is 0.455. The van der Waals surface area contributed by atoms with Crippen molar-refractivity contribution >= 4 is 27.4 Å². The predicted octanol–water partition coefficient (Wildman–Crippen LogP) is 2.58. The fourth-order valence-corrected chi connectivity index (χ4v) is 4.26. The number of hydrogen-bond acceptors (Lipinski definition) is 6. The van der Waals surface area contributed by atoms with Crippen LogP contribution < -0.4 is 16.0 Å². The summed E-state index contributed by atoms with van der Waals surface area (Å²) in [6.45, 7) is 3.92. The van der Waals surface area contributed by atoms with E-state index in [9.17, 15) is 17.6 Å². The van der Waals surface area contributed by atoms with Crippen molar-refractivity contribution in [1.82, 2.24) is 19.5 Å². The SMILES string of the molecule is Cc1ccc(NC(=O)Nc2cc(F)cc(CN3CCC(NCS(=O)(=O)N(C)C)CC3)c2)cn1. The zero-order valence-corrected chi connectivity index (χ0v) is 20.0. The zero-order valence-electron chi connectivity index (χ0n) is 19.1. The number of urea groups is 1. The number of amides is 2. The normalized spacial score (nSPS) is 15.5. The number of likely N-dealkylation sites (tertiary alicyclic amines) is 1. The van der Waals surface area contributed by atoms with Gasteiger partial charge in [-0.25, -0.2) is 21.9 Å². The number of piperidine rings is 1. The molecule has 9 nitrogen and oxygen atoms in total. The zero-order chi connectivity index (χ0) is 24.0. The molecule has 33 heavy (non-hydrogen) atoms. The van der Waals surface area contributed by atoms with E-state index in [-0.39, 0.29) is 11.9 Å². The molecule has 0 saturated carbocycles. The first-order valence-electron chi connectivity index (χ1n) is 10.8. The van der Waals surface area contributed by atoms with Gasteiger partial charge in [-0.15, -0.1) is 0 Å². The number of rotatable bonds is 8. The first-order valence-corrected chi connectivity index (χ1v) is 12.4. The van der Waals surface area contributed by atoms with E-state index < -0.39 is 21.9 Å². The van der Waals surface area contributed by atoms with Crippen LogP contribution in [0.15, 0.2) is 36.5 Å². The molecule has 0 aliphatic carbocycles. The Balaban J connectivity index is 1.51. The highest BCUT2D eigenvalue weighted by Crippen LogP contribution is 2.19. The summed E-state index contributed by atoms with van der Waals surface area (Å²) in [4.78, 5) is 18.6. The molecule has 1 aliphatic rings. The lowest BCUT2D eigenvalue weighted by molar-refractivity contribution is 0.193. The molecule has 2 amide bonds. The third-order valence-corrected chi connectivity index (χ3v) is 7.13. The molecule has 1 fully saturated rings. The number of nitrogens with zero attached hydrogens (tertiary/aromatic N) is 3. The van der Waals surface area contributed by atoms with Gasteiger partial charge >= 0.3 is 6.03 Å². The molecule has 0 unspecified atom stereocenters. The minimum absolute atomic E-state index is 0.0791. The maximum absolute atomic E-state index is 14.2. The van der Waals surface area contributed by atoms with Crippen LogP contribution in [0.25, 0.3) is 0 Å². The second-order valence-electron chi connectivity index (χ2n) is 8.41. The van der Waals surface area contributed by atoms with Crippen molar-refractivity contribution < 1.29 is 17.6 Å². The monoisotopic (exact) mass is 478 g/mol. The molecule has 1 aromatic carbocycles. The van der Waals surface area contributed by atoms with E-state index in [2.05, 4.69) is 25.8 Å². The molecule has 0 atom stereocenters. The number of anilines is 2. The molecule has 2 heterocycles. The van der Waals surface area contributed by atoms with Gasteiger partial charge in [0.2, 0.25) is 10.0 Å². The molecular formula is C22H31FN6O3S. The third-order valence-electron chi connectivity index (χ3n) is 5.49. The van der Waals surface area contributed by atoms with E-state index >= 15 is 0 Å². The van der Waals surface area contributed by atoms with Crippen LogP contribution in [0.5, 0.6) is 0 Å². The Kier molecular flexibility index (Phi) is 8.35. The number of aryl methyl sites for hydroxylation is 1. The molecule has 2 aromatic rings. The van der Waals surface area contributed by atoms with Crippen LogP contribution in [0.3, 0.4) is 0 Å². The Morgan fingerprint density at radius 1 is 1.15 bits per heavy atom. The summed E-state index contributed by atoms with van der Waals surface area (Å²) >= 11 is 0. The lowest BCUT2D eigenvalue weighted by Gasteiger charge is -2.32. The van der Waals surface area contributed by atoms with E-state index in [1.165, 1.54) is 30.5 Å². The van der Waals surface area contributed by atoms with Gasteiger partial charge in [-0.2, -0.15) is 0 Å². The van der Waals surface area contributed by atoms with Crippen LogP contribution in [-0.2, 0) is 16.6 Å². The van der Waals surface area contributed by atoms with E-state index in [0.717, 1.165) is 37.2 Å². The van der Waals surface area contributed by atoms with Gasteiger partial charge in [0.05, 0.1) is 11.9 Å². The summed E-state index contributed by atoms with van der Waals surface area (Å²) in [5, 5.41) is 8.45. The maximum atomic E-state index is 14.2. The van der Waals surface area contributed by atoms with Crippen LogP contribution >= 0.6 is 0 Å². The van der Waals surface area contributed by atoms with Crippen molar-refractivity contribution in [2.75, 3.05) is 43.7 Å². The van der Waals surface area contributed by atoms with E-state index in [0.29, 0.717) is 17.9 Å².